The van der Waals surface area contributed by atoms with Gasteiger partial charge in [0.1, 0.15) is 48.3 Å². The van der Waals surface area contributed by atoms with E-state index in [9.17, 15) is 30.0 Å². The third-order valence-electron chi connectivity index (χ3n) is 16.0. The molecule has 8 fully saturated rings. The standard InChI is InChI=1S/C47H70O15/c1-26-9-10-32-34(21-37(55-32)47(53)39(50)28(3)13-19-54-47)56-41(52)29(4)31-8-7-14-45(57-31)16-11-33(58-45)40(51)43(6)23-30(49)38(61-43)35-24-44(25-48)17-18-46(59-35,62-44)36-12-15-42(5,60-36)22-27(2)20-26/h9-10,20,27-29,31-40,48,50-51,53H,7-8,11-19,21-25H2,1-6H3/b10-9+,26-20+/t27-,28+,29+,31-,32+,33-,34+,35+,36+,37-,38-,39+,40+,42+,43+,44-,45-,46-,47+/m1/s1. The number of aliphatic hydroxyl groups is 4. The second-order valence-electron chi connectivity index (χ2n) is 21.2. The van der Waals surface area contributed by atoms with E-state index in [0.717, 1.165) is 18.4 Å². The lowest BCUT2D eigenvalue weighted by molar-refractivity contribution is -0.365. The predicted octanol–water partition coefficient (Wildman–Crippen LogP) is 4.23. The van der Waals surface area contributed by atoms with E-state index in [4.69, 9.17) is 42.6 Å². The molecular formula is C47H70O15. The summed E-state index contributed by atoms with van der Waals surface area (Å²) >= 11 is 0. The monoisotopic (exact) mass is 874 g/mol. The molecule has 10 bridgehead atoms. The van der Waals surface area contributed by atoms with Gasteiger partial charge in [-0.05, 0) is 90.9 Å². The summed E-state index contributed by atoms with van der Waals surface area (Å²) < 4.78 is 58.8. The van der Waals surface area contributed by atoms with Crippen molar-refractivity contribution >= 4 is 11.8 Å². The maximum Gasteiger partial charge on any atom is 0.311 e. The number of allylic oxidation sites excluding steroid dienone is 3. The maximum absolute atomic E-state index is 14.1. The fourth-order valence-corrected chi connectivity index (χ4v) is 12.5. The van der Waals surface area contributed by atoms with Crippen molar-refractivity contribution in [3.05, 3.63) is 23.8 Å². The van der Waals surface area contributed by atoms with Crippen molar-refractivity contribution in [2.24, 2.45) is 17.8 Å². The lowest BCUT2D eigenvalue weighted by Gasteiger charge is -2.47. The topological polar surface area (TPSA) is 198 Å². The van der Waals surface area contributed by atoms with E-state index in [1.54, 1.807) is 13.8 Å². The van der Waals surface area contributed by atoms with E-state index < -0.39 is 107 Å². The van der Waals surface area contributed by atoms with Crippen LogP contribution in [0.2, 0.25) is 0 Å². The molecule has 0 aromatic rings. The molecule has 19 atom stereocenters. The van der Waals surface area contributed by atoms with E-state index in [2.05, 4.69) is 19.9 Å². The first-order chi connectivity index (χ1) is 29.3. The van der Waals surface area contributed by atoms with Crippen LogP contribution >= 0.6 is 0 Å². The molecule has 0 aromatic carbocycles. The van der Waals surface area contributed by atoms with Crippen molar-refractivity contribution in [1.82, 2.24) is 0 Å². The lowest BCUT2D eigenvalue weighted by Crippen LogP contribution is -2.59. The van der Waals surface area contributed by atoms with Gasteiger partial charge in [0, 0.05) is 38.5 Å². The molecule has 15 heteroatoms. The van der Waals surface area contributed by atoms with Gasteiger partial charge in [-0.1, -0.05) is 37.6 Å². The van der Waals surface area contributed by atoms with Crippen LogP contribution in [0.3, 0.4) is 0 Å². The fraction of sp³-hybridized carbons (Fsp3) is 0.872. The number of esters is 1. The summed E-state index contributed by atoms with van der Waals surface area (Å²) in [4.78, 5) is 28.0. The highest BCUT2D eigenvalue weighted by Crippen LogP contribution is 2.55. The van der Waals surface area contributed by atoms with Crippen LogP contribution in [-0.2, 0) is 52.2 Å². The van der Waals surface area contributed by atoms with E-state index in [0.29, 0.717) is 57.8 Å². The quantitative estimate of drug-likeness (QED) is 0.288. The number of ketones is 1. The Labute approximate surface area is 365 Å². The molecule has 9 aliphatic rings. The molecule has 9 aliphatic heterocycles. The number of hydrogen-bond donors (Lipinski definition) is 4. The molecule has 9 rings (SSSR count). The number of rotatable bonds is 2. The van der Waals surface area contributed by atoms with Crippen LogP contribution in [-0.4, -0.2) is 141 Å². The van der Waals surface area contributed by atoms with Crippen LogP contribution in [0.5, 0.6) is 0 Å². The lowest BCUT2D eigenvalue weighted by atomic mass is 9.87. The minimum Gasteiger partial charge on any atom is -0.459 e. The molecule has 0 radical (unpaired) electrons. The van der Waals surface area contributed by atoms with Crippen molar-refractivity contribution in [2.45, 2.75) is 227 Å². The van der Waals surface area contributed by atoms with Gasteiger partial charge in [-0.25, -0.2) is 0 Å². The first-order valence-corrected chi connectivity index (χ1v) is 23.5. The Kier molecular flexibility index (Phi) is 12.0. The van der Waals surface area contributed by atoms with Gasteiger partial charge in [0.2, 0.25) is 5.79 Å². The highest BCUT2D eigenvalue weighted by Gasteiger charge is 2.66. The van der Waals surface area contributed by atoms with Crippen molar-refractivity contribution in [3.63, 3.8) is 0 Å². The Bertz CT molecular complexity index is 1770. The van der Waals surface area contributed by atoms with Crippen molar-refractivity contribution < 1.29 is 72.6 Å². The summed E-state index contributed by atoms with van der Waals surface area (Å²) in [5, 5.41) is 45.5. The second-order valence-corrected chi connectivity index (χ2v) is 21.2. The Morgan fingerprint density at radius 2 is 1.60 bits per heavy atom. The normalized spacial score (nSPS) is 55.0. The molecule has 348 valence electrons. The van der Waals surface area contributed by atoms with Gasteiger partial charge in [0.25, 0.3) is 0 Å². The molecule has 9 heterocycles. The summed E-state index contributed by atoms with van der Waals surface area (Å²) in [6.45, 7) is 11.7. The molecule has 2 spiro atoms. The highest BCUT2D eigenvalue weighted by atomic mass is 16.8. The SMILES string of the molecule is CC1=C\[C@@H](C)C[C@]2(C)CC[C@H](O2)[C@]23CC[C@](CO)(C[C@H](O2)[C@@H]2O[C@@](C)(CC2=O)[C@@H](O)[C@H]2CC[C@@]4(CCC[C@@H](O4)[C@H](C)C(=O)O[C@H]4C[C@H]([C@]5(O)OCC[C@H](C)[C@@H]5O)O[C@H]4\C=C\1)O2)O3. The van der Waals surface area contributed by atoms with E-state index >= 15 is 0 Å². The van der Waals surface area contributed by atoms with Crippen LogP contribution in [0.1, 0.15) is 131 Å². The van der Waals surface area contributed by atoms with Crippen molar-refractivity contribution in [1.29, 1.82) is 0 Å². The number of hydrogen-bond acceptors (Lipinski definition) is 15. The average Bonchev–Trinajstić information content (AvgIpc) is 4.06. The third-order valence-corrected chi connectivity index (χ3v) is 16.0. The molecule has 0 amide bonds. The highest BCUT2D eigenvalue weighted by molar-refractivity contribution is 5.86. The Morgan fingerprint density at radius 3 is 2.39 bits per heavy atom. The minimum atomic E-state index is -1.97. The van der Waals surface area contributed by atoms with E-state index in [1.807, 2.05) is 26.0 Å². The van der Waals surface area contributed by atoms with Crippen LogP contribution in [0, 0.1) is 17.8 Å². The summed E-state index contributed by atoms with van der Waals surface area (Å²) in [6.07, 6.45) is 4.76. The number of carbonyl (C=O) groups is 2. The van der Waals surface area contributed by atoms with Gasteiger partial charge in [-0.15, -0.1) is 0 Å². The largest absolute Gasteiger partial charge is 0.459 e. The van der Waals surface area contributed by atoms with Gasteiger partial charge in [-0.2, -0.15) is 0 Å². The average molecular weight is 875 g/mol. The molecule has 0 saturated carbocycles. The van der Waals surface area contributed by atoms with Crippen LogP contribution in [0.25, 0.3) is 0 Å². The molecule has 8 saturated heterocycles. The first kappa shape index (κ1) is 45.3. The molecule has 15 nitrogen and oxygen atoms in total. The molecule has 0 aliphatic carbocycles. The predicted molar refractivity (Wildman–Crippen MR) is 219 cm³/mol. The third kappa shape index (κ3) is 8.09. The summed E-state index contributed by atoms with van der Waals surface area (Å²) in [7, 11) is 0. The maximum atomic E-state index is 14.1. The molecule has 0 aromatic heterocycles. The zero-order chi connectivity index (χ0) is 44.0. The number of aliphatic hydroxyl groups excluding tert-OH is 3. The number of fused-ring (bicyclic) bond motifs is 10. The Morgan fingerprint density at radius 1 is 0.806 bits per heavy atom. The molecular weight excluding hydrogens is 805 g/mol. The van der Waals surface area contributed by atoms with Gasteiger partial charge in [0.05, 0.1) is 48.6 Å². The van der Waals surface area contributed by atoms with Crippen molar-refractivity contribution in [3.8, 4) is 0 Å². The second kappa shape index (κ2) is 16.5. The Hall–Kier alpha value is -1.86. The minimum absolute atomic E-state index is 0.0379. The number of carbonyl (C=O) groups excluding carboxylic acids is 2. The van der Waals surface area contributed by atoms with Gasteiger partial charge < -0.3 is 63.1 Å². The van der Waals surface area contributed by atoms with Crippen LogP contribution < -0.4 is 0 Å². The van der Waals surface area contributed by atoms with Crippen molar-refractivity contribution in [2.75, 3.05) is 13.2 Å². The smallest absolute Gasteiger partial charge is 0.311 e. The zero-order valence-electron chi connectivity index (χ0n) is 37.3. The molecule has 4 N–H and O–H groups in total. The Balaban J connectivity index is 1.01. The number of Topliss-reactive ketones (excluding diaryl/α,β-unsaturated/α-hetero) is 1. The zero-order valence-corrected chi connectivity index (χ0v) is 37.3. The summed E-state index contributed by atoms with van der Waals surface area (Å²) in [6, 6.07) is 0. The van der Waals surface area contributed by atoms with Crippen LogP contribution in [0.4, 0.5) is 0 Å². The summed E-state index contributed by atoms with van der Waals surface area (Å²) in [5.41, 5.74) is -1.73. The van der Waals surface area contributed by atoms with E-state index in [1.165, 1.54) is 0 Å². The van der Waals surface area contributed by atoms with Gasteiger partial charge >= 0.3 is 5.97 Å². The fourth-order valence-electron chi connectivity index (χ4n) is 12.5. The summed E-state index contributed by atoms with van der Waals surface area (Å²) in [5.74, 6) is -5.63. The van der Waals surface area contributed by atoms with Crippen LogP contribution in [0.15, 0.2) is 23.8 Å². The van der Waals surface area contributed by atoms with Gasteiger partial charge in [-0.3, -0.25) is 9.59 Å². The molecule has 62 heavy (non-hydrogen) atoms. The first-order valence-electron chi connectivity index (χ1n) is 23.5. The molecule has 0 unspecified atom stereocenters. The van der Waals surface area contributed by atoms with Gasteiger partial charge in [0.15, 0.2) is 17.4 Å². The number of ether oxygens (including phenoxy) is 9. The van der Waals surface area contributed by atoms with E-state index in [-0.39, 0.29) is 50.1 Å².